The van der Waals surface area contributed by atoms with E-state index in [-0.39, 0.29) is 11.8 Å². The SMILES string of the molecule is CCC(CNC(=O)c1ccc(CNC(C)=O)cc1)c1ccccc1. The van der Waals surface area contributed by atoms with Crippen molar-refractivity contribution >= 4 is 11.8 Å². The van der Waals surface area contributed by atoms with Crippen LogP contribution in [0.3, 0.4) is 0 Å². The topological polar surface area (TPSA) is 58.2 Å². The Hall–Kier alpha value is -2.62. The summed E-state index contributed by atoms with van der Waals surface area (Å²) in [6.45, 7) is 4.70. The fourth-order valence-electron chi connectivity index (χ4n) is 2.54. The van der Waals surface area contributed by atoms with E-state index >= 15 is 0 Å². The van der Waals surface area contributed by atoms with Crippen LogP contribution in [0.2, 0.25) is 0 Å². The third kappa shape index (κ3) is 5.23. The molecular weight excluding hydrogens is 300 g/mol. The predicted octanol–water partition coefficient (Wildman–Crippen LogP) is 3.25. The summed E-state index contributed by atoms with van der Waals surface area (Å²) >= 11 is 0. The number of benzene rings is 2. The quantitative estimate of drug-likeness (QED) is 0.821. The maximum absolute atomic E-state index is 12.3. The summed E-state index contributed by atoms with van der Waals surface area (Å²) in [5.74, 6) is 0.174. The molecule has 0 radical (unpaired) electrons. The Morgan fingerprint density at radius 1 is 0.958 bits per heavy atom. The van der Waals surface area contributed by atoms with Gasteiger partial charge >= 0.3 is 0 Å². The standard InChI is InChI=1S/C20H24N2O2/c1-3-17(18-7-5-4-6-8-18)14-22-20(24)19-11-9-16(10-12-19)13-21-15(2)23/h4-12,17H,3,13-14H2,1-2H3,(H,21,23)(H,22,24). The van der Waals surface area contributed by atoms with Crippen molar-refractivity contribution in [3.63, 3.8) is 0 Å². The zero-order valence-electron chi connectivity index (χ0n) is 14.2. The first-order chi connectivity index (χ1) is 11.6. The smallest absolute Gasteiger partial charge is 0.251 e. The molecule has 24 heavy (non-hydrogen) atoms. The van der Waals surface area contributed by atoms with Crippen molar-refractivity contribution < 1.29 is 9.59 Å². The Balaban J connectivity index is 1.91. The number of nitrogens with one attached hydrogen (secondary N) is 2. The van der Waals surface area contributed by atoms with E-state index < -0.39 is 0 Å². The number of hydrogen-bond acceptors (Lipinski definition) is 2. The van der Waals surface area contributed by atoms with E-state index in [1.54, 1.807) is 12.1 Å². The normalized spacial score (nSPS) is 11.6. The van der Waals surface area contributed by atoms with Crippen molar-refractivity contribution in [1.29, 1.82) is 0 Å². The minimum absolute atomic E-state index is 0.0664. The van der Waals surface area contributed by atoms with E-state index in [2.05, 4.69) is 29.7 Å². The third-order valence-corrected chi connectivity index (χ3v) is 4.03. The molecule has 0 aromatic heterocycles. The van der Waals surface area contributed by atoms with Gasteiger partial charge in [-0.3, -0.25) is 9.59 Å². The van der Waals surface area contributed by atoms with Gasteiger partial charge in [0.25, 0.3) is 5.91 Å². The molecule has 2 amide bonds. The fourth-order valence-corrected chi connectivity index (χ4v) is 2.54. The molecular formula is C20H24N2O2. The summed E-state index contributed by atoms with van der Waals surface area (Å²) in [5.41, 5.74) is 2.84. The van der Waals surface area contributed by atoms with Crippen LogP contribution in [0.1, 0.15) is 47.7 Å². The van der Waals surface area contributed by atoms with Crippen molar-refractivity contribution in [2.45, 2.75) is 32.7 Å². The number of carbonyl (C=O) groups excluding carboxylic acids is 2. The molecule has 2 aromatic rings. The molecule has 2 rings (SSSR count). The highest BCUT2D eigenvalue weighted by Crippen LogP contribution is 2.18. The highest BCUT2D eigenvalue weighted by Gasteiger charge is 2.11. The van der Waals surface area contributed by atoms with Gasteiger partial charge in [0, 0.05) is 31.5 Å². The van der Waals surface area contributed by atoms with E-state index in [9.17, 15) is 9.59 Å². The molecule has 4 nitrogen and oxygen atoms in total. The van der Waals surface area contributed by atoms with Crippen LogP contribution in [0.25, 0.3) is 0 Å². The Labute approximate surface area is 143 Å². The van der Waals surface area contributed by atoms with Crippen molar-refractivity contribution in [2.75, 3.05) is 6.54 Å². The molecule has 0 saturated carbocycles. The Morgan fingerprint density at radius 3 is 2.21 bits per heavy atom. The van der Waals surface area contributed by atoms with E-state index in [1.807, 2.05) is 30.3 Å². The van der Waals surface area contributed by atoms with Crippen LogP contribution in [0, 0.1) is 0 Å². The molecule has 0 fully saturated rings. The van der Waals surface area contributed by atoms with Crippen molar-refractivity contribution in [2.24, 2.45) is 0 Å². The summed E-state index contributed by atoms with van der Waals surface area (Å²) in [5, 5.41) is 5.75. The monoisotopic (exact) mass is 324 g/mol. The minimum atomic E-state index is -0.0736. The largest absolute Gasteiger partial charge is 0.352 e. The van der Waals surface area contributed by atoms with E-state index in [4.69, 9.17) is 0 Å². The molecule has 1 atom stereocenters. The fraction of sp³-hybridized carbons (Fsp3) is 0.300. The van der Waals surface area contributed by atoms with Gasteiger partial charge in [0.2, 0.25) is 5.91 Å². The summed E-state index contributed by atoms with van der Waals surface area (Å²) < 4.78 is 0. The molecule has 2 aromatic carbocycles. The first kappa shape index (κ1) is 17.7. The molecule has 0 aliphatic heterocycles. The molecule has 4 heteroatoms. The van der Waals surface area contributed by atoms with Crippen molar-refractivity contribution in [1.82, 2.24) is 10.6 Å². The molecule has 0 saturated heterocycles. The van der Waals surface area contributed by atoms with Crippen molar-refractivity contribution in [3.05, 3.63) is 71.3 Å². The van der Waals surface area contributed by atoms with Gasteiger partial charge in [-0.2, -0.15) is 0 Å². The Morgan fingerprint density at radius 2 is 1.62 bits per heavy atom. The lowest BCUT2D eigenvalue weighted by atomic mass is 9.96. The number of hydrogen-bond donors (Lipinski definition) is 2. The lowest BCUT2D eigenvalue weighted by Gasteiger charge is -2.16. The zero-order valence-corrected chi connectivity index (χ0v) is 14.2. The first-order valence-corrected chi connectivity index (χ1v) is 8.26. The van der Waals surface area contributed by atoms with Gasteiger partial charge in [0.15, 0.2) is 0 Å². The van der Waals surface area contributed by atoms with Crippen LogP contribution < -0.4 is 10.6 Å². The Bertz CT molecular complexity index is 666. The van der Waals surface area contributed by atoms with Crippen LogP contribution in [0.5, 0.6) is 0 Å². The third-order valence-electron chi connectivity index (χ3n) is 4.03. The van der Waals surface area contributed by atoms with E-state index in [0.29, 0.717) is 24.6 Å². The number of carbonyl (C=O) groups is 2. The molecule has 2 N–H and O–H groups in total. The molecule has 126 valence electrons. The van der Waals surface area contributed by atoms with Crippen LogP contribution in [-0.4, -0.2) is 18.4 Å². The van der Waals surface area contributed by atoms with E-state index in [0.717, 1.165) is 12.0 Å². The van der Waals surface area contributed by atoms with Gasteiger partial charge in [0.05, 0.1) is 0 Å². The van der Waals surface area contributed by atoms with Gasteiger partial charge in [-0.25, -0.2) is 0 Å². The average Bonchev–Trinajstić information content (AvgIpc) is 2.61. The highest BCUT2D eigenvalue weighted by atomic mass is 16.2. The Kier molecular flexibility index (Phi) is 6.55. The minimum Gasteiger partial charge on any atom is -0.352 e. The second-order valence-electron chi connectivity index (χ2n) is 5.83. The molecule has 0 spiro atoms. The maximum Gasteiger partial charge on any atom is 0.251 e. The van der Waals surface area contributed by atoms with Crippen molar-refractivity contribution in [3.8, 4) is 0 Å². The second kappa shape index (κ2) is 8.87. The lowest BCUT2D eigenvalue weighted by molar-refractivity contribution is -0.119. The van der Waals surface area contributed by atoms with Crippen LogP contribution in [0.15, 0.2) is 54.6 Å². The summed E-state index contributed by atoms with van der Waals surface area (Å²) in [6, 6.07) is 17.5. The molecule has 1 unspecified atom stereocenters. The summed E-state index contributed by atoms with van der Waals surface area (Å²) in [4.78, 5) is 23.2. The van der Waals surface area contributed by atoms with Crippen LogP contribution in [-0.2, 0) is 11.3 Å². The lowest BCUT2D eigenvalue weighted by Crippen LogP contribution is -2.28. The van der Waals surface area contributed by atoms with Gasteiger partial charge in [-0.05, 0) is 29.7 Å². The average molecular weight is 324 g/mol. The molecule has 0 heterocycles. The number of amides is 2. The summed E-state index contributed by atoms with van der Waals surface area (Å²) in [6.07, 6.45) is 0.972. The molecule has 0 bridgehead atoms. The number of rotatable bonds is 7. The second-order valence-corrected chi connectivity index (χ2v) is 5.83. The molecule has 0 aliphatic carbocycles. The van der Waals surface area contributed by atoms with Crippen LogP contribution in [0.4, 0.5) is 0 Å². The predicted molar refractivity (Wildman–Crippen MR) is 95.8 cm³/mol. The maximum atomic E-state index is 12.3. The van der Waals surface area contributed by atoms with Gasteiger partial charge in [-0.15, -0.1) is 0 Å². The van der Waals surface area contributed by atoms with Gasteiger partial charge < -0.3 is 10.6 Å². The van der Waals surface area contributed by atoms with E-state index in [1.165, 1.54) is 12.5 Å². The summed E-state index contributed by atoms with van der Waals surface area (Å²) in [7, 11) is 0. The zero-order chi connectivity index (χ0) is 17.4. The highest BCUT2D eigenvalue weighted by molar-refractivity contribution is 5.94. The van der Waals surface area contributed by atoms with Gasteiger partial charge in [-0.1, -0.05) is 49.4 Å². The van der Waals surface area contributed by atoms with Gasteiger partial charge in [0.1, 0.15) is 0 Å². The first-order valence-electron chi connectivity index (χ1n) is 8.26. The molecule has 0 aliphatic rings. The van der Waals surface area contributed by atoms with Crippen LogP contribution >= 0.6 is 0 Å².